The largest absolute Gasteiger partial charge is 0.383 e. The lowest BCUT2D eigenvalue weighted by atomic mass is 9.74. The third kappa shape index (κ3) is 2.47. The molecule has 0 unspecified atom stereocenters. The Morgan fingerprint density at radius 3 is 2.82 bits per heavy atom. The molecule has 96 valence electrons. The quantitative estimate of drug-likeness (QED) is 0.821. The minimum Gasteiger partial charge on any atom is -0.383 e. The van der Waals surface area contributed by atoms with Gasteiger partial charge >= 0.3 is 0 Å². The highest BCUT2D eigenvalue weighted by Gasteiger charge is 2.45. The standard InChI is InChI=1S/C11H19ClN4O/c1-15(2)3-4-16-10(9(12)7-14-16)11(17)5-8(13)6-11/h7-8,17H,3-6,13H2,1-2H3. The van der Waals surface area contributed by atoms with Crippen LogP contribution in [0.15, 0.2) is 6.20 Å². The summed E-state index contributed by atoms with van der Waals surface area (Å²) in [5, 5.41) is 15.2. The van der Waals surface area contributed by atoms with Crippen molar-refractivity contribution >= 4 is 11.6 Å². The summed E-state index contributed by atoms with van der Waals surface area (Å²) in [6.45, 7) is 1.57. The van der Waals surface area contributed by atoms with Crippen LogP contribution in [0.5, 0.6) is 0 Å². The fourth-order valence-electron chi connectivity index (χ4n) is 2.29. The zero-order valence-electron chi connectivity index (χ0n) is 10.2. The average molecular weight is 259 g/mol. The highest BCUT2D eigenvalue weighted by atomic mass is 35.5. The molecule has 1 aliphatic carbocycles. The van der Waals surface area contributed by atoms with Crippen molar-refractivity contribution in [3.63, 3.8) is 0 Å². The molecule has 0 aliphatic heterocycles. The first-order valence-electron chi connectivity index (χ1n) is 5.77. The van der Waals surface area contributed by atoms with Gasteiger partial charge in [0.1, 0.15) is 5.60 Å². The maximum Gasteiger partial charge on any atom is 0.111 e. The maximum atomic E-state index is 10.4. The summed E-state index contributed by atoms with van der Waals surface area (Å²) in [5.41, 5.74) is 5.56. The number of rotatable bonds is 4. The zero-order chi connectivity index (χ0) is 12.6. The van der Waals surface area contributed by atoms with Gasteiger partial charge in [0, 0.05) is 12.6 Å². The summed E-state index contributed by atoms with van der Waals surface area (Å²) in [6, 6.07) is 0.0632. The van der Waals surface area contributed by atoms with Crippen LogP contribution in [0.4, 0.5) is 0 Å². The molecule has 0 bridgehead atoms. The third-order valence-corrected chi connectivity index (χ3v) is 3.47. The van der Waals surface area contributed by atoms with E-state index in [4.69, 9.17) is 17.3 Å². The van der Waals surface area contributed by atoms with Crippen LogP contribution >= 0.6 is 11.6 Å². The van der Waals surface area contributed by atoms with E-state index in [2.05, 4.69) is 10.00 Å². The van der Waals surface area contributed by atoms with Crippen molar-refractivity contribution in [2.24, 2.45) is 5.73 Å². The Labute approximate surface area is 106 Å². The molecular weight excluding hydrogens is 240 g/mol. The molecule has 0 amide bonds. The fraction of sp³-hybridized carbons (Fsp3) is 0.727. The number of aliphatic hydroxyl groups is 1. The molecule has 1 heterocycles. The van der Waals surface area contributed by atoms with Crippen molar-refractivity contribution in [3.8, 4) is 0 Å². The molecule has 6 heteroatoms. The Kier molecular flexibility index (Phi) is 3.45. The van der Waals surface area contributed by atoms with E-state index in [0.717, 1.165) is 6.54 Å². The summed E-state index contributed by atoms with van der Waals surface area (Å²) in [6.07, 6.45) is 2.70. The molecule has 1 aromatic rings. The second-order valence-corrected chi connectivity index (χ2v) is 5.47. The van der Waals surface area contributed by atoms with Crippen molar-refractivity contribution in [3.05, 3.63) is 16.9 Å². The second kappa shape index (κ2) is 4.57. The van der Waals surface area contributed by atoms with Gasteiger partial charge in [0.05, 0.1) is 23.5 Å². The number of aromatic nitrogens is 2. The van der Waals surface area contributed by atoms with Crippen LogP contribution < -0.4 is 5.73 Å². The van der Waals surface area contributed by atoms with Gasteiger partial charge in [-0.15, -0.1) is 0 Å². The molecule has 0 aromatic carbocycles. The van der Waals surface area contributed by atoms with Gasteiger partial charge in [0.2, 0.25) is 0 Å². The number of hydrogen-bond donors (Lipinski definition) is 2. The number of nitrogens with zero attached hydrogens (tertiary/aromatic N) is 3. The minimum atomic E-state index is -0.890. The van der Waals surface area contributed by atoms with Crippen molar-refractivity contribution in [2.75, 3.05) is 20.6 Å². The summed E-state index contributed by atoms with van der Waals surface area (Å²) in [7, 11) is 4.00. The minimum absolute atomic E-state index is 0.0632. The number of nitrogens with two attached hydrogens (primary N) is 1. The summed E-state index contributed by atoms with van der Waals surface area (Å²) in [5.74, 6) is 0. The first-order chi connectivity index (χ1) is 7.92. The van der Waals surface area contributed by atoms with Gasteiger partial charge in [-0.1, -0.05) is 11.6 Å². The third-order valence-electron chi connectivity index (χ3n) is 3.19. The topological polar surface area (TPSA) is 67.3 Å². The first kappa shape index (κ1) is 12.8. The zero-order valence-corrected chi connectivity index (χ0v) is 11.0. The van der Waals surface area contributed by atoms with E-state index >= 15 is 0 Å². The lowest BCUT2D eigenvalue weighted by Crippen LogP contribution is -2.50. The molecule has 1 aromatic heterocycles. The summed E-state index contributed by atoms with van der Waals surface area (Å²) >= 11 is 6.11. The van der Waals surface area contributed by atoms with E-state index in [9.17, 15) is 5.11 Å². The van der Waals surface area contributed by atoms with Gasteiger partial charge in [0.15, 0.2) is 0 Å². The van der Waals surface area contributed by atoms with E-state index in [1.54, 1.807) is 10.9 Å². The smallest absolute Gasteiger partial charge is 0.111 e. The monoisotopic (exact) mass is 258 g/mol. The van der Waals surface area contributed by atoms with E-state index in [1.165, 1.54) is 0 Å². The Morgan fingerprint density at radius 1 is 1.65 bits per heavy atom. The Balaban J connectivity index is 2.18. The van der Waals surface area contributed by atoms with E-state index < -0.39 is 5.60 Å². The predicted molar refractivity (Wildman–Crippen MR) is 66.9 cm³/mol. The van der Waals surface area contributed by atoms with Crippen LogP contribution in [0.25, 0.3) is 0 Å². The van der Waals surface area contributed by atoms with E-state index in [0.29, 0.717) is 30.1 Å². The van der Waals surface area contributed by atoms with Crippen molar-refractivity contribution in [1.29, 1.82) is 0 Å². The number of hydrogen-bond acceptors (Lipinski definition) is 4. The molecular formula is C11H19ClN4O. The summed E-state index contributed by atoms with van der Waals surface area (Å²) in [4.78, 5) is 2.07. The van der Waals surface area contributed by atoms with Gasteiger partial charge in [0.25, 0.3) is 0 Å². The molecule has 1 aliphatic rings. The van der Waals surface area contributed by atoms with Crippen molar-refractivity contribution < 1.29 is 5.11 Å². The highest BCUT2D eigenvalue weighted by molar-refractivity contribution is 6.31. The van der Waals surface area contributed by atoms with Crippen LogP contribution in [0.1, 0.15) is 18.5 Å². The highest BCUT2D eigenvalue weighted by Crippen LogP contribution is 2.43. The van der Waals surface area contributed by atoms with Crippen LogP contribution in [0, 0.1) is 0 Å². The van der Waals surface area contributed by atoms with Gasteiger partial charge in [-0.2, -0.15) is 5.10 Å². The van der Waals surface area contributed by atoms with E-state index in [-0.39, 0.29) is 6.04 Å². The number of halogens is 1. The molecule has 0 saturated heterocycles. The fourth-order valence-corrected chi connectivity index (χ4v) is 2.61. The first-order valence-corrected chi connectivity index (χ1v) is 6.14. The second-order valence-electron chi connectivity index (χ2n) is 5.07. The van der Waals surface area contributed by atoms with Gasteiger partial charge in [-0.3, -0.25) is 4.68 Å². The average Bonchev–Trinajstić information content (AvgIpc) is 2.55. The SMILES string of the molecule is CN(C)CCn1ncc(Cl)c1C1(O)CC(N)C1. The molecule has 0 radical (unpaired) electrons. The van der Waals surface area contributed by atoms with Crippen LogP contribution in [0.3, 0.4) is 0 Å². The molecule has 5 nitrogen and oxygen atoms in total. The van der Waals surface area contributed by atoms with Crippen LogP contribution in [0.2, 0.25) is 5.02 Å². The molecule has 0 spiro atoms. The lowest BCUT2D eigenvalue weighted by Gasteiger charge is -2.42. The Morgan fingerprint density at radius 2 is 2.29 bits per heavy atom. The predicted octanol–water partition coefficient (Wildman–Crippen LogP) is 0.407. The van der Waals surface area contributed by atoms with Crippen LogP contribution in [-0.4, -0.2) is 46.5 Å². The molecule has 17 heavy (non-hydrogen) atoms. The lowest BCUT2D eigenvalue weighted by molar-refractivity contribution is -0.0595. The normalized spacial score (nSPS) is 28.5. The molecule has 1 fully saturated rings. The molecule has 2 rings (SSSR count). The Bertz CT molecular complexity index is 398. The number of likely N-dealkylation sites (N-methyl/N-ethyl adjacent to an activating group) is 1. The molecule has 0 atom stereocenters. The van der Waals surface area contributed by atoms with Crippen LogP contribution in [-0.2, 0) is 12.1 Å². The Hall–Kier alpha value is -0.620. The maximum absolute atomic E-state index is 10.4. The molecule has 3 N–H and O–H groups in total. The van der Waals surface area contributed by atoms with Gasteiger partial charge in [-0.25, -0.2) is 0 Å². The van der Waals surface area contributed by atoms with Crippen molar-refractivity contribution in [2.45, 2.75) is 31.0 Å². The van der Waals surface area contributed by atoms with Crippen molar-refractivity contribution in [1.82, 2.24) is 14.7 Å². The molecule has 1 saturated carbocycles. The van der Waals surface area contributed by atoms with Gasteiger partial charge < -0.3 is 15.7 Å². The van der Waals surface area contributed by atoms with Gasteiger partial charge in [-0.05, 0) is 26.9 Å². The van der Waals surface area contributed by atoms with E-state index in [1.807, 2.05) is 14.1 Å². The summed E-state index contributed by atoms with van der Waals surface area (Å²) < 4.78 is 1.79.